The van der Waals surface area contributed by atoms with Crippen molar-refractivity contribution in [2.24, 2.45) is 11.8 Å². The molecule has 36 heavy (non-hydrogen) atoms. The van der Waals surface area contributed by atoms with Gasteiger partial charge in [0, 0.05) is 25.7 Å². The Morgan fingerprint density at radius 3 is 2.69 bits per heavy atom. The van der Waals surface area contributed by atoms with Crippen LogP contribution in [-0.4, -0.2) is 58.1 Å². The van der Waals surface area contributed by atoms with Gasteiger partial charge in [0.25, 0.3) is 0 Å². The zero-order chi connectivity index (χ0) is 26.9. The van der Waals surface area contributed by atoms with Crippen molar-refractivity contribution < 1.29 is 29.3 Å². The number of nitrogens with one attached hydrogen (secondary N) is 1. The highest BCUT2D eigenvalue weighted by atomic mass is 16.6. The summed E-state index contributed by atoms with van der Waals surface area (Å²) in [4.78, 5) is 24.0. The maximum absolute atomic E-state index is 12.6. The number of carbonyl (C=O) groups excluding carboxylic acids is 2. The molecule has 8 atom stereocenters. The largest absolute Gasteiger partial charge is 0.458 e. The summed E-state index contributed by atoms with van der Waals surface area (Å²) in [6.07, 6.45) is 13.7. The Bertz CT molecular complexity index is 817. The van der Waals surface area contributed by atoms with Crippen molar-refractivity contribution in [2.45, 2.75) is 123 Å². The molecule has 0 bridgehead atoms. The first-order valence-corrected chi connectivity index (χ1v) is 13.5. The minimum Gasteiger partial charge on any atom is -0.458 e. The lowest BCUT2D eigenvalue weighted by molar-refractivity contribution is -0.144. The Hall–Kier alpha value is -1.96. The summed E-state index contributed by atoms with van der Waals surface area (Å²) < 4.78 is 11.2. The molecule has 2 heterocycles. The quantitative estimate of drug-likeness (QED) is 0.186. The van der Waals surface area contributed by atoms with Gasteiger partial charge in [0.05, 0.1) is 30.0 Å². The van der Waals surface area contributed by atoms with Crippen LogP contribution in [0, 0.1) is 11.8 Å². The van der Waals surface area contributed by atoms with E-state index in [1.807, 2.05) is 52.0 Å². The first-order chi connectivity index (χ1) is 16.9. The monoisotopic (exact) mass is 505 g/mol. The van der Waals surface area contributed by atoms with Gasteiger partial charge in [-0.2, -0.15) is 0 Å². The van der Waals surface area contributed by atoms with Gasteiger partial charge in [-0.05, 0) is 51.5 Å². The van der Waals surface area contributed by atoms with Crippen LogP contribution >= 0.6 is 0 Å². The molecule has 0 radical (unpaired) electrons. The first kappa shape index (κ1) is 30.3. The number of hydrogen-bond donors (Lipinski definition) is 3. The number of aliphatic hydroxyl groups excluding tert-OH is 1. The molecule has 0 aromatic heterocycles. The van der Waals surface area contributed by atoms with Crippen molar-refractivity contribution in [3.63, 3.8) is 0 Å². The summed E-state index contributed by atoms with van der Waals surface area (Å²) in [5.74, 6) is -0.229. The van der Waals surface area contributed by atoms with Crippen LogP contribution in [0.15, 0.2) is 36.0 Å². The molecule has 0 saturated carbocycles. The van der Waals surface area contributed by atoms with Crippen molar-refractivity contribution >= 4 is 11.9 Å². The van der Waals surface area contributed by atoms with Gasteiger partial charge in [0.2, 0.25) is 5.91 Å². The molecular formula is C29H47NO6. The van der Waals surface area contributed by atoms with Gasteiger partial charge in [0.1, 0.15) is 6.10 Å². The van der Waals surface area contributed by atoms with E-state index in [-0.39, 0.29) is 48.1 Å². The summed E-state index contributed by atoms with van der Waals surface area (Å²) >= 11 is 0. The van der Waals surface area contributed by atoms with Gasteiger partial charge in [-0.15, -0.1) is 0 Å². The van der Waals surface area contributed by atoms with Crippen molar-refractivity contribution in [1.29, 1.82) is 0 Å². The van der Waals surface area contributed by atoms with E-state index >= 15 is 0 Å². The molecule has 7 heteroatoms. The highest BCUT2D eigenvalue weighted by Gasteiger charge is 2.47. The van der Waals surface area contributed by atoms with Gasteiger partial charge in [0.15, 0.2) is 0 Å². The molecule has 0 spiro atoms. The van der Waals surface area contributed by atoms with Gasteiger partial charge in [-0.1, -0.05) is 57.1 Å². The van der Waals surface area contributed by atoms with E-state index in [1.165, 1.54) is 6.92 Å². The molecule has 0 aromatic carbocycles. The number of ether oxygens (including phenoxy) is 2. The van der Waals surface area contributed by atoms with Crippen LogP contribution in [0.1, 0.15) is 86.5 Å². The van der Waals surface area contributed by atoms with Gasteiger partial charge in [-0.3, -0.25) is 9.59 Å². The van der Waals surface area contributed by atoms with Crippen LogP contribution in [0.5, 0.6) is 0 Å². The predicted molar refractivity (Wildman–Crippen MR) is 141 cm³/mol. The number of amides is 1. The summed E-state index contributed by atoms with van der Waals surface area (Å²) in [5, 5.41) is 24.1. The molecular weight excluding hydrogens is 458 g/mol. The van der Waals surface area contributed by atoms with Crippen LogP contribution < -0.4 is 5.32 Å². The van der Waals surface area contributed by atoms with Crippen LogP contribution in [-0.2, 0) is 19.1 Å². The maximum atomic E-state index is 12.6. The second-order valence-corrected chi connectivity index (χ2v) is 10.8. The lowest BCUT2D eigenvalue weighted by Gasteiger charge is -2.25. The topological polar surface area (TPSA) is 108 Å². The average molecular weight is 506 g/mol. The van der Waals surface area contributed by atoms with E-state index < -0.39 is 11.7 Å². The van der Waals surface area contributed by atoms with Crippen LogP contribution in [0.4, 0.5) is 0 Å². The minimum absolute atomic E-state index is 0.0105. The maximum Gasteiger partial charge on any atom is 0.303 e. The number of aliphatic hydroxyl groups is 2. The Kier molecular flexibility index (Phi) is 11.9. The van der Waals surface area contributed by atoms with Crippen molar-refractivity contribution in [2.75, 3.05) is 0 Å². The smallest absolute Gasteiger partial charge is 0.303 e. The fraction of sp³-hybridized carbons (Fsp3) is 0.724. The number of allylic oxidation sites excluding steroid dienone is 2. The fourth-order valence-electron chi connectivity index (χ4n) is 4.89. The minimum atomic E-state index is -1.05. The molecule has 7 nitrogen and oxygen atoms in total. The normalized spacial score (nSPS) is 32.4. The molecule has 2 aliphatic rings. The third-order valence-corrected chi connectivity index (χ3v) is 7.27. The second-order valence-electron chi connectivity index (χ2n) is 10.8. The standard InChI is InChI=1S/C29H47NO6/c1-7-24(32)21(4)28-25(36-28)18-29(6,34)17-11-12-19(2)27-20(3)15-16-23(35-22(5)31)13-9-8-10-14-26(33)30-27/h11-12,15-17,20-21,23-25,27-28,32,34H,7-10,13-14,18H2,1-6H3,(H,30,33)/b16-15-,17-11+,19-12+/t20-,21+,23?,24-,25+,27+,28+,29-/m0/s1. The van der Waals surface area contributed by atoms with E-state index in [9.17, 15) is 19.8 Å². The van der Waals surface area contributed by atoms with E-state index in [4.69, 9.17) is 9.47 Å². The van der Waals surface area contributed by atoms with Crippen molar-refractivity contribution in [3.05, 3.63) is 36.0 Å². The summed E-state index contributed by atoms with van der Waals surface area (Å²) in [6.45, 7) is 11.1. The Morgan fingerprint density at radius 1 is 1.31 bits per heavy atom. The number of esters is 1. The second kappa shape index (κ2) is 14.1. The Balaban J connectivity index is 2.06. The van der Waals surface area contributed by atoms with Crippen LogP contribution in [0.3, 0.4) is 0 Å². The molecule has 0 aromatic rings. The molecule has 0 aliphatic carbocycles. The van der Waals surface area contributed by atoms with Gasteiger partial charge < -0.3 is 25.0 Å². The Labute approximate surface area is 217 Å². The number of carbonyl (C=O) groups is 2. The molecule has 204 valence electrons. The molecule has 1 unspecified atom stereocenters. The molecule has 2 rings (SSSR count). The van der Waals surface area contributed by atoms with Crippen molar-refractivity contribution in [3.8, 4) is 0 Å². The third-order valence-electron chi connectivity index (χ3n) is 7.27. The highest BCUT2D eigenvalue weighted by molar-refractivity contribution is 5.76. The molecule has 1 fully saturated rings. The van der Waals surface area contributed by atoms with Gasteiger partial charge >= 0.3 is 5.97 Å². The summed E-state index contributed by atoms with van der Waals surface area (Å²) in [7, 11) is 0. The zero-order valence-electron chi connectivity index (χ0n) is 22.9. The zero-order valence-corrected chi connectivity index (χ0v) is 22.9. The van der Waals surface area contributed by atoms with Crippen LogP contribution in [0.25, 0.3) is 0 Å². The van der Waals surface area contributed by atoms with E-state index in [1.54, 1.807) is 13.0 Å². The number of rotatable bonds is 9. The predicted octanol–water partition coefficient (Wildman–Crippen LogP) is 4.38. The Morgan fingerprint density at radius 2 is 2.03 bits per heavy atom. The average Bonchev–Trinajstić information content (AvgIpc) is 3.55. The van der Waals surface area contributed by atoms with E-state index in [0.29, 0.717) is 19.3 Å². The lowest BCUT2D eigenvalue weighted by atomic mass is 9.91. The molecule has 2 aliphatic heterocycles. The third kappa shape index (κ3) is 10.2. The van der Waals surface area contributed by atoms with E-state index in [2.05, 4.69) is 5.32 Å². The van der Waals surface area contributed by atoms with Crippen molar-refractivity contribution in [1.82, 2.24) is 5.32 Å². The van der Waals surface area contributed by atoms with E-state index in [0.717, 1.165) is 31.3 Å². The van der Waals surface area contributed by atoms with Gasteiger partial charge in [-0.25, -0.2) is 0 Å². The fourth-order valence-corrected chi connectivity index (χ4v) is 4.89. The molecule has 1 amide bonds. The molecule has 3 N–H and O–H groups in total. The molecule has 1 saturated heterocycles. The first-order valence-electron chi connectivity index (χ1n) is 13.5. The number of epoxide rings is 1. The lowest BCUT2D eigenvalue weighted by Crippen LogP contribution is -2.40. The summed E-state index contributed by atoms with van der Waals surface area (Å²) in [5.41, 5.74) is -0.0834. The highest BCUT2D eigenvalue weighted by Crippen LogP contribution is 2.37. The van der Waals surface area contributed by atoms with Crippen LogP contribution in [0.2, 0.25) is 0 Å². The SMILES string of the molecule is CC[C@H](O)[C@@H](C)[C@H]1O[C@@H]1C[C@@](C)(O)/C=C/C=C(\C)[C@H]1NC(=O)CCCCCC(OC(C)=O)/C=C\[C@@H]1C. The summed E-state index contributed by atoms with van der Waals surface area (Å²) in [6, 6.07) is -0.215. The number of hydrogen-bond acceptors (Lipinski definition) is 6.